The van der Waals surface area contributed by atoms with Crippen LogP contribution in [0.5, 0.6) is 5.75 Å². The molecule has 29 heteroatoms. The van der Waals surface area contributed by atoms with Gasteiger partial charge in [-0.25, -0.2) is 19.2 Å². The monoisotopic (exact) mass is 1280 g/mol. The lowest BCUT2D eigenvalue weighted by atomic mass is 10.1. The molecule has 3 N–H and O–H groups in total. The van der Waals surface area contributed by atoms with E-state index in [4.69, 9.17) is 54.6 Å². The van der Waals surface area contributed by atoms with Gasteiger partial charge in [0.15, 0.2) is 0 Å². The molecule has 0 aliphatic carbocycles. The summed E-state index contributed by atoms with van der Waals surface area (Å²) in [6.07, 6.45) is -1.73. The Balaban J connectivity index is 0.000000222. The van der Waals surface area contributed by atoms with Gasteiger partial charge in [0.1, 0.15) is 49.0 Å². The lowest BCUT2D eigenvalue weighted by molar-refractivity contribution is -0.384. The van der Waals surface area contributed by atoms with E-state index in [0.717, 1.165) is 23.5 Å². The number of amides is 7. The molecule has 5 fully saturated rings. The predicted molar refractivity (Wildman–Crippen MR) is 334 cm³/mol. The van der Waals surface area contributed by atoms with Gasteiger partial charge in [-0.3, -0.25) is 44.4 Å². The van der Waals surface area contributed by atoms with E-state index in [0.29, 0.717) is 76.0 Å². The molecular formula is C60H77ClN8O19S. The van der Waals surface area contributed by atoms with E-state index in [-0.39, 0.29) is 106 Å². The molecule has 5 aliphatic heterocycles. The predicted octanol–water partition coefficient (Wildman–Crippen LogP) is 8.07. The summed E-state index contributed by atoms with van der Waals surface area (Å²) in [6.45, 7) is 17.1. The summed E-state index contributed by atoms with van der Waals surface area (Å²) in [6, 6.07) is 26.5. The fourth-order valence-electron chi connectivity index (χ4n) is 8.68. The topological polar surface area (TPSA) is 314 Å². The largest absolute Gasteiger partial charge is 0.460 e. The number of esters is 1. The van der Waals surface area contributed by atoms with E-state index in [9.17, 15) is 48.5 Å². The molecule has 5 aliphatic rings. The minimum atomic E-state index is -0.728. The Hall–Kier alpha value is -8.28. The average molecular weight is 1280 g/mol. The first kappa shape index (κ1) is 71.5. The highest BCUT2D eigenvalue weighted by molar-refractivity contribution is 7.59. The number of cyclic esters (lactones) is 2. The number of benzene rings is 4. The molecule has 0 saturated carbocycles. The molecule has 5 heterocycles. The second-order valence-electron chi connectivity index (χ2n) is 22.1. The van der Waals surface area contributed by atoms with Crippen molar-refractivity contribution in [1.29, 1.82) is 0 Å². The number of aliphatic hydroxyl groups excluding tert-OH is 1. The second-order valence-corrected chi connectivity index (χ2v) is 22.4. The van der Waals surface area contributed by atoms with Gasteiger partial charge in [0, 0.05) is 78.9 Å². The van der Waals surface area contributed by atoms with Gasteiger partial charge in [-0.2, -0.15) is 13.5 Å². The van der Waals surface area contributed by atoms with Crippen LogP contribution < -0.4 is 39.9 Å². The number of hydrogen-bond acceptors (Lipinski definition) is 19. The Morgan fingerprint density at radius 1 is 0.629 bits per heavy atom. The maximum absolute atomic E-state index is 12.2. The number of hydrogen-bond donors (Lipinski definition) is 3. The number of nitrogens with one attached hydrogen (secondary N) is 2. The van der Waals surface area contributed by atoms with Crippen LogP contribution in [0.15, 0.2) is 97.1 Å². The number of alkyl carbamates (subject to hydrolysis) is 1. The van der Waals surface area contributed by atoms with E-state index >= 15 is 0 Å². The normalized spacial score (nSPS) is 17.8. The van der Waals surface area contributed by atoms with Crippen LogP contribution in [0.4, 0.5) is 59.0 Å². The molecule has 7 amide bonds. The van der Waals surface area contributed by atoms with Crippen molar-refractivity contribution < 1.29 is 86.3 Å². The quantitative estimate of drug-likeness (QED) is 0.0333. The number of carbonyl (C=O) groups excluding carboxylic acids is 8. The molecule has 5 saturated heterocycles. The van der Waals surface area contributed by atoms with Crippen LogP contribution in [0.1, 0.15) is 67.7 Å². The number of rotatable bonds is 15. The number of alkyl halides is 1. The Kier molecular flexibility index (Phi) is 27.2. The Morgan fingerprint density at radius 3 is 1.42 bits per heavy atom. The molecule has 0 unspecified atom stereocenters. The van der Waals surface area contributed by atoms with Crippen LogP contribution in [-0.4, -0.2) is 172 Å². The van der Waals surface area contributed by atoms with Crippen molar-refractivity contribution in [1.82, 2.24) is 5.32 Å². The number of nitrogens with zero attached hydrogens (tertiary/aromatic N) is 6. The van der Waals surface area contributed by atoms with Gasteiger partial charge >= 0.3 is 30.3 Å². The highest BCUT2D eigenvalue weighted by Gasteiger charge is 2.34. The molecule has 27 nitrogen and oxygen atoms in total. The highest BCUT2D eigenvalue weighted by atomic mass is 35.5. The molecule has 484 valence electrons. The number of aliphatic hydroxyl groups is 1. The van der Waals surface area contributed by atoms with Crippen LogP contribution in [0.25, 0.3) is 0 Å². The summed E-state index contributed by atoms with van der Waals surface area (Å²) < 4.78 is 41.2. The maximum atomic E-state index is 12.2. The molecule has 0 spiro atoms. The first-order valence-electron chi connectivity index (χ1n) is 28.4. The zero-order valence-electron chi connectivity index (χ0n) is 50.6. The molecule has 0 bridgehead atoms. The van der Waals surface area contributed by atoms with E-state index in [1.54, 1.807) is 88.9 Å². The summed E-state index contributed by atoms with van der Waals surface area (Å²) in [7, 11) is 0. The molecule has 9 rings (SSSR count). The molecule has 0 aromatic heterocycles. The lowest BCUT2D eigenvalue weighted by Gasteiger charge is -2.27. The summed E-state index contributed by atoms with van der Waals surface area (Å²) in [5, 5.41) is 24.5. The number of halogens is 1. The zero-order valence-corrected chi connectivity index (χ0v) is 52.4. The summed E-state index contributed by atoms with van der Waals surface area (Å²) >= 11 is 5.33. The smallest absolute Gasteiger partial charge is 0.417 e. The standard InChI is InChI=1S/C20H26N2O6.C17H15N3O6.C15H18N2O4.C8H16ClNO3.H2S/c1-20(2,3)28-18(24)9-8-16-12-22(19(25)27-16)15-6-4-14(5-7-15)21-10-11-26-13-17(21)23;21-16-11-25-10-9-19(16)13-3-1-12(2-4-13)18-17(22)26-15-7-5-14(6-8-15)20(23)24;1-2-13-9-17(15(19)21-13)12-5-3-11(4-6-12)16-7-8-20-10-14(16)18;1-8(2,3)13-7(12)10-5-6(11)4-9;/h4-7,16H,8-13H2,1-3H3;1-8H,9-11H2,(H,18,22);3-6,13H,2,7-10H2,1H3;6,11H,4-5H2,1-3H3,(H,10,12);1H2/t16-;;13-;6-;/m0.01./s1. The Labute approximate surface area is 527 Å². The van der Waals surface area contributed by atoms with Crippen LogP contribution >= 0.6 is 25.1 Å². The van der Waals surface area contributed by atoms with Gasteiger partial charge in [0.25, 0.3) is 23.4 Å². The van der Waals surface area contributed by atoms with Crippen LogP contribution in [-0.2, 0) is 52.3 Å². The van der Waals surface area contributed by atoms with Gasteiger partial charge in [-0.1, -0.05) is 6.92 Å². The molecule has 3 atom stereocenters. The summed E-state index contributed by atoms with van der Waals surface area (Å²) in [5.74, 6) is -0.266. The van der Waals surface area contributed by atoms with Gasteiger partial charge in [0.2, 0.25) is 0 Å². The minimum Gasteiger partial charge on any atom is -0.460 e. The van der Waals surface area contributed by atoms with Crippen LogP contribution in [0, 0.1) is 10.1 Å². The maximum Gasteiger partial charge on any atom is 0.417 e. The van der Waals surface area contributed by atoms with Gasteiger partial charge in [0.05, 0.1) is 49.8 Å². The summed E-state index contributed by atoms with van der Waals surface area (Å²) in [5.41, 5.74) is 3.14. The number of nitro benzene ring substituents is 1. The van der Waals surface area contributed by atoms with Crippen molar-refractivity contribution >= 4 is 113 Å². The van der Waals surface area contributed by atoms with Crippen molar-refractivity contribution in [2.75, 3.05) is 115 Å². The van der Waals surface area contributed by atoms with Gasteiger partial charge in [-0.05, 0) is 139 Å². The minimum absolute atomic E-state index is 0. The van der Waals surface area contributed by atoms with Crippen molar-refractivity contribution in [3.63, 3.8) is 0 Å². The van der Waals surface area contributed by atoms with Crippen molar-refractivity contribution in [3.8, 4) is 5.75 Å². The van der Waals surface area contributed by atoms with Gasteiger partial charge < -0.3 is 63.0 Å². The SMILES string of the molecule is CC(C)(C)OC(=O)CC[C@H]1CN(c2ccc(N3CCOCC3=O)cc2)C(=O)O1.CC(C)(C)OC(=O)NC[C@H](O)CCl.CC[C@H]1CN(c2ccc(N3CCOCC3=O)cc2)C(=O)O1.O=C(Nc1ccc(N2CCOCC2=O)cc1)Oc1ccc([N+](=O)[O-])cc1.S. The second kappa shape index (κ2) is 33.9. The number of non-ortho nitro benzene ring substituents is 1. The molecule has 89 heavy (non-hydrogen) atoms. The summed E-state index contributed by atoms with van der Waals surface area (Å²) in [4.78, 5) is 112. The fraction of sp³-hybridized carbons (Fsp3) is 0.467. The van der Waals surface area contributed by atoms with Crippen molar-refractivity contribution in [3.05, 3.63) is 107 Å². The molecular weight excluding hydrogens is 1200 g/mol. The number of nitro groups is 1. The highest BCUT2D eigenvalue weighted by Crippen LogP contribution is 2.29. The third kappa shape index (κ3) is 23.0. The molecule has 4 aromatic rings. The number of anilines is 6. The van der Waals surface area contributed by atoms with Gasteiger partial charge in [-0.15, -0.1) is 11.6 Å². The van der Waals surface area contributed by atoms with E-state index in [1.165, 1.54) is 29.2 Å². The van der Waals surface area contributed by atoms with Crippen LogP contribution in [0.3, 0.4) is 0 Å². The number of carbonyl (C=O) groups is 8. The Morgan fingerprint density at radius 2 is 1.03 bits per heavy atom. The number of morpholine rings is 3. The molecule has 0 radical (unpaired) electrons. The zero-order chi connectivity index (χ0) is 64.1. The third-order valence-corrected chi connectivity index (χ3v) is 13.3. The Bertz CT molecular complexity index is 3040. The third-order valence-electron chi connectivity index (χ3n) is 12.9. The number of ether oxygens (including phenoxy) is 8. The van der Waals surface area contributed by atoms with E-state index < -0.39 is 40.5 Å². The first-order valence-corrected chi connectivity index (χ1v) is 28.9. The van der Waals surface area contributed by atoms with E-state index in [2.05, 4.69) is 10.6 Å². The van der Waals surface area contributed by atoms with Crippen molar-refractivity contribution in [2.24, 2.45) is 0 Å². The average Bonchev–Trinajstić information content (AvgIpc) is 2.37. The van der Waals surface area contributed by atoms with Crippen molar-refractivity contribution in [2.45, 2.75) is 97.2 Å². The first-order chi connectivity index (χ1) is 41.8. The van der Waals surface area contributed by atoms with E-state index in [1.807, 2.05) is 52.0 Å². The van der Waals surface area contributed by atoms with Crippen LogP contribution in [0.2, 0.25) is 0 Å². The fourth-order valence-corrected chi connectivity index (χ4v) is 8.79. The molecule has 4 aromatic carbocycles. The lowest BCUT2D eigenvalue weighted by Crippen LogP contribution is -2.41.